The first-order valence-corrected chi connectivity index (χ1v) is 8.83. The predicted molar refractivity (Wildman–Crippen MR) is 95.5 cm³/mol. The van der Waals surface area contributed by atoms with E-state index in [4.69, 9.17) is 4.74 Å². The van der Waals surface area contributed by atoms with Crippen LogP contribution >= 0.6 is 0 Å². The number of para-hydroxylation sites is 1. The van der Waals surface area contributed by atoms with Gasteiger partial charge >= 0.3 is 0 Å². The van der Waals surface area contributed by atoms with Crippen molar-refractivity contribution >= 4 is 5.91 Å². The molecule has 4 rings (SSSR count). The number of hydrogen-bond donors (Lipinski definition) is 2. The van der Waals surface area contributed by atoms with E-state index in [0.29, 0.717) is 6.42 Å². The fourth-order valence-electron chi connectivity index (χ4n) is 3.83. The number of hydrogen-bond acceptors (Lipinski definition) is 4. The molecule has 0 radical (unpaired) electrons. The molecule has 2 aliphatic rings. The number of amides is 1. The van der Waals surface area contributed by atoms with Gasteiger partial charge in [-0.05, 0) is 36.7 Å². The van der Waals surface area contributed by atoms with Gasteiger partial charge in [-0.1, -0.05) is 18.2 Å². The van der Waals surface area contributed by atoms with E-state index in [-0.39, 0.29) is 17.6 Å². The molecule has 2 aromatic rings. The summed E-state index contributed by atoms with van der Waals surface area (Å²) in [6.07, 6.45) is 5.65. The Balaban J connectivity index is 1.54. The Bertz CT molecular complexity index is 784. The van der Waals surface area contributed by atoms with Crippen LogP contribution in [0.3, 0.4) is 0 Å². The van der Waals surface area contributed by atoms with Crippen LogP contribution in [0.25, 0.3) is 0 Å². The second kappa shape index (κ2) is 6.48. The van der Waals surface area contributed by atoms with Crippen LogP contribution in [0.4, 0.5) is 0 Å². The van der Waals surface area contributed by atoms with Crippen LogP contribution in [0.5, 0.6) is 5.75 Å². The van der Waals surface area contributed by atoms with E-state index in [0.717, 1.165) is 48.4 Å². The average molecular weight is 337 g/mol. The molecule has 1 spiro atoms. The molecule has 5 heteroatoms. The molecule has 0 bridgehead atoms. The molecule has 0 saturated carbocycles. The van der Waals surface area contributed by atoms with Gasteiger partial charge in [-0.2, -0.15) is 0 Å². The van der Waals surface area contributed by atoms with Crippen LogP contribution < -0.4 is 15.4 Å². The summed E-state index contributed by atoms with van der Waals surface area (Å²) in [5, 5.41) is 6.62. The number of carbonyl (C=O) groups excluding carboxylic acids is 1. The Kier molecular flexibility index (Phi) is 4.17. The number of rotatable bonds is 3. The third-order valence-corrected chi connectivity index (χ3v) is 5.24. The Morgan fingerprint density at radius 2 is 2.28 bits per heavy atom. The van der Waals surface area contributed by atoms with E-state index in [1.165, 1.54) is 0 Å². The highest BCUT2D eigenvalue weighted by molar-refractivity contribution is 5.79. The molecule has 0 aliphatic carbocycles. The molecule has 2 unspecified atom stereocenters. The van der Waals surface area contributed by atoms with Crippen molar-refractivity contribution in [2.45, 2.75) is 37.8 Å². The highest BCUT2D eigenvalue weighted by Crippen LogP contribution is 2.42. The Labute approximate surface area is 147 Å². The van der Waals surface area contributed by atoms with Gasteiger partial charge in [0.05, 0.1) is 12.5 Å². The topological polar surface area (TPSA) is 63.2 Å². The van der Waals surface area contributed by atoms with Gasteiger partial charge in [0, 0.05) is 37.3 Å². The fourth-order valence-corrected chi connectivity index (χ4v) is 3.83. The highest BCUT2D eigenvalue weighted by atomic mass is 16.5. The van der Waals surface area contributed by atoms with E-state index in [1.807, 2.05) is 37.3 Å². The standard InChI is InChI=1S/C20H23N3O2/c1-14-6-8-21-12-15(14)10-19(24)23-17-11-20(7-9-22-13-20)25-18-5-3-2-4-16(17)18/h2-6,8,12,17,22H,7,9-11,13H2,1H3,(H,23,24). The number of pyridine rings is 1. The zero-order valence-electron chi connectivity index (χ0n) is 14.4. The average Bonchev–Trinajstić information content (AvgIpc) is 3.04. The van der Waals surface area contributed by atoms with E-state index >= 15 is 0 Å². The summed E-state index contributed by atoms with van der Waals surface area (Å²) in [4.78, 5) is 16.8. The monoisotopic (exact) mass is 337 g/mol. The second-order valence-electron chi connectivity index (χ2n) is 7.05. The van der Waals surface area contributed by atoms with Crippen LogP contribution in [0.1, 0.15) is 35.6 Å². The lowest BCUT2D eigenvalue weighted by atomic mass is 9.86. The fraction of sp³-hybridized carbons (Fsp3) is 0.400. The molecule has 1 fully saturated rings. The number of ether oxygens (including phenoxy) is 1. The summed E-state index contributed by atoms with van der Waals surface area (Å²) in [6.45, 7) is 3.79. The molecule has 1 aromatic heterocycles. The maximum atomic E-state index is 12.7. The van der Waals surface area contributed by atoms with Crippen LogP contribution in [0.2, 0.25) is 0 Å². The van der Waals surface area contributed by atoms with Gasteiger partial charge in [-0.25, -0.2) is 0 Å². The summed E-state index contributed by atoms with van der Waals surface area (Å²) in [5.74, 6) is 0.916. The predicted octanol–water partition coefficient (Wildman–Crippen LogP) is 2.30. The first kappa shape index (κ1) is 16.1. The summed E-state index contributed by atoms with van der Waals surface area (Å²) in [6, 6.07) is 9.94. The minimum absolute atomic E-state index is 0.0191. The Hall–Kier alpha value is -2.40. The van der Waals surface area contributed by atoms with Crippen LogP contribution in [0, 0.1) is 6.92 Å². The zero-order chi connectivity index (χ0) is 17.3. The van der Waals surface area contributed by atoms with Gasteiger partial charge in [-0.15, -0.1) is 0 Å². The normalized spacial score (nSPS) is 24.6. The molecule has 2 N–H and O–H groups in total. The van der Waals surface area contributed by atoms with E-state index in [9.17, 15) is 4.79 Å². The summed E-state index contributed by atoms with van der Waals surface area (Å²) in [7, 11) is 0. The van der Waals surface area contributed by atoms with E-state index in [2.05, 4.69) is 15.6 Å². The Morgan fingerprint density at radius 1 is 1.40 bits per heavy atom. The molecule has 5 nitrogen and oxygen atoms in total. The molecule has 2 aliphatic heterocycles. The molecule has 25 heavy (non-hydrogen) atoms. The van der Waals surface area contributed by atoms with Gasteiger partial charge in [-0.3, -0.25) is 9.78 Å². The minimum Gasteiger partial charge on any atom is -0.485 e. The van der Waals surface area contributed by atoms with Crippen molar-refractivity contribution in [2.75, 3.05) is 13.1 Å². The van der Waals surface area contributed by atoms with Crippen molar-refractivity contribution in [3.63, 3.8) is 0 Å². The first-order chi connectivity index (χ1) is 12.2. The van der Waals surface area contributed by atoms with Crippen LogP contribution in [-0.2, 0) is 11.2 Å². The van der Waals surface area contributed by atoms with E-state index < -0.39 is 0 Å². The quantitative estimate of drug-likeness (QED) is 0.902. The van der Waals surface area contributed by atoms with Crippen molar-refractivity contribution < 1.29 is 9.53 Å². The highest BCUT2D eigenvalue weighted by Gasteiger charge is 2.43. The molecule has 1 amide bonds. The third-order valence-electron chi connectivity index (χ3n) is 5.24. The van der Waals surface area contributed by atoms with Crippen molar-refractivity contribution in [3.8, 4) is 5.75 Å². The van der Waals surface area contributed by atoms with Crippen molar-refractivity contribution in [3.05, 3.63) is 59.4 Å². The number of fused-ring (bicyclic) bond motifs is 1. The molecular formula is C20H23N3O2. The molecule has 3 heterocycles. The summed E-state index contributed by atoms with van der Waals surface area (Å²) < 4.78 is 6.31. The molecule has 1 aromatic carbocycles. The van der Waals surface area contributed by atoms with E-state index in [1.54, 1.807) is 12.4 Å². The van der Waals surface area contributed by atoms with Crippen molar-refractivity contribution in [2.24, 2.45) is 0 Å². The summed E-state index contributed by atoms with van der Waals surface area (Å²) in [5.41, 5.74) is 2.92. The maximum absolute atomic E-state index is 12.7. The lowest BCUT2D eigenvalue weighted by molar-refractivity contribution is -0.121. The number of aromatic nitrogens is 1. The third kappa shape index (κ3) is 3.24. The van der Waals surface area contributed by atoms with Crippen LogP contribution in [0.15, 0.2) is 42.7 Å². The van der Waals surface area contributed by atoms with Gasteiger partial charge < -0.3 is 15.4 Å². The molecule has 1 saturated heterocycles. The number of benzene rings is 1. The van der Waals surface area contributed by atoms with Crippen molar-refractivity contribution in [1.29, 1.82) is 0 Å². The number of nitrogens with one attached hydrogen (secondary N) is 2. The molecular weight excluding hydrogens is 314 g/mol. The molecule has 130 valence electrons. The zero-order valence-corrected chi connectivity index (χ0v) is 14.4. The number of aryl methyl sites for hydroxylation is 1. The molecule has 2 atom stereocenters. The van der Waals surface area contributed by atoms with Crippen LogP contribution in [-0.4, -0.2) is 29.6 Å². The van der Waals surface area contributed by atoms with Gasteiger partial charge in [0.1, 0.15) is 11.4 Å². The number of nitrogens with zero attached hydrogens (tertiary/aromatic N) is 1. The summed E-state index contributed by atoms with van der Waals surface area (Å²) >= 11 is 0. The second-order valence-corrected chi connectivity index (χ2v) is 7.05. The lowest BCUT2D eigenvalue weighted by Crippen LogP contribution is -2.46. The number of carbonyl (C=O) groups is 1. The lowest BCUT2D eigenvalue weighted by Gasteiger charge is -2.39. The van der Waals surface area contributed by atoms with Crippen molar-refractivity contribution in [1.82, 2.24) is 15.6 Å². The van der Waals surface area contributed by atoms with Gasteiger partial charge in [0.15, 0.2) is 0 Å². The largest absolute Gasteiger partial charge is 0.485 e. The minimum atomic E-state index is -0.212. The van der Waals surface area contributed by atoms with Gasteiger partial charge in [0.2, 0.25) is 5.91 Å². The smallest absolute Gasteiger partial charge is 0.224 e. The van der Waals surface area contributed by atoms with Gasteiger partial charge in [0.25, 0.3) is 0 Å². The Morgan fingerprint density at radius 3 is 3.08 bits per heavy atom. The SMILES string of the molecule is Cc1ccncc1CC(=O)NC1CC2(CCNC2)Oc2ccccc21. The first-order valence-electron chi connectivity index (χ1n) is 8.83. The maximum Gasteiger partial charge on any atom is 0.224 e.